The first kappa shape index (κ1) is 22.9. The first-order chi connectivity index (χ1) is 11.8. The maximum Gasteiger partial charge on any atom is 0.243 e. The molecule has 1 amide bonds. The van der Waals surface area contributed by atoms with Gasteiger partial charge >= 0.3 is 0 Å². The van der Waals surface area contributed by atoms with Gasteiger partial charge in [-0.05, 0) is 63.4 Å². The van der Waals surface area contributed by atoms with E-state index in [-0.39, 0.29) is 29.3 Å². The zero-order valence-electron chi connectivity index (χ0n) is 15.7. The second kappa shape index (κ2) is 10.3. The zero-order valence-corrected chi connectivity index (χ0v) is 17.3. The molecule has 1 saturated heterocycles. The lowest BCUT2D eigenvalue weighted by atomic mass is 10.0. The molecule has 0 saturated carbocycles. The van der Waals surface area contributed by atoms with Gasteiger partial charge in [-0.3, -0.25) is 4.79 Å². The van der Waals surface area contributed by atoms with Crippen molar-refractivity contribution in [1.82, 2.24) is 14.9 Å². The van der Waals surface area contributed by atoms with Gasteiger partial charge in [0.1, 0.15) is 0 Å². The van der Waals surface area contributed by atoms with Crippen LogP contribution >= 0.6 is 12.4 Å². The summed E-state index contributed by atoms with van der Waals surface area (Å²) in [6.45, 7) is 6.15. The molecule has 1 aliphatic heterocycles. The van der Waals surface area contributed by atoms with Crippen molar-refractivity contribution in [2.24, 2.45) is 5.92 Å². The lowest BCUT2D eigenvalue weighted by Gasteiger charge is -2.21. The molecule has 1 unspecified atom stereocenters. The van der Waals surface area contributed by atoms with Crippen molar-refractivity contribution < 1.29 is 13.2 Å². The van der Waals surface area contributed by atoms with Gasteiger partial charge in [0.05, 0.1) is 4.90 Å². The van der Waals surface area contributed by atoms with Gasteiger partial charge in [-0.15, -0.1) is 12.4 Å². The number of nitrogens with one attached hydrogen (secondary N) is 2. The molecule has 1 atom stereocenters. The van der Waals surface area contributed by atoms with Crippen molar-refractivity contribution in [1.29, 1.82) is 0 Å². The smallest absolute Gasteiger partial charge is 0.243 e. The summed E-state index contributed by atoms with van der Waals surface area (Å²) >= 11 is 0. The van der Waals surface area contributed by atoms with Gasteiger partial charge in [0.15, 0.2) is 0 Å². The van der Waals surface area contributed by atoms with Gasteiger partial charge in [0, 0.05) is 26.1 Å². The van der Waals surface area contributed by atoms with Crippen LogP contribution in [0.2, 0.25) is 0 Å². The van der Waals surface area contributed by atoms with Crippen LogP contribution in [0.5, 0.6) is 0 Å². The Morgan fingerprint density at radius 3 is 2.50 bits per heavy atom. The predicted octanol–water partition coefficient (Wildman–Crippen LogP) is 2.14. The fraction of sp³-hybridized carbons (Fsp3) is 0.611. The van der Waals surface area contributed by atoms with Gasteiger partial charge in [0.2, 0.25) is 15.9 Å². The van der Waals surface area contributed by atoms with Crippen LogP contribution in [0.4, 0.5) is 0 Å². The van der Waals surface area contributed by atoms with Crippen molar-refractivity contribution in [2.45, 2.75) is 50.6 Å². The molecule has 1 aromatic carbocycles. The monoisotopic (exact) mass is 403 g/mol. The second-order valence-electron chi connectivity index (χ2n) is 6.93. The average molecular weight is 404 g/mol. The van der Waals surface area contributed by atoms with Crippen molar-refractivity contribution in [3.05, 3.63) is 29.8 Å². The van der Waals surface area contributed by atoms with E-state index in [1.807, 2.05) is 13.8 Å². The number of amides is 1. The van der Waals surface area contributed by atoms with Crippen molar-refractivity contribution in [3.63, 3.8) is 0 Å². The molecule has 1 aliphatic rings. The highest BCUT2D eigenvalue weighted by Gasteiger charge is 2.22. The molecule has 0 bridgehead atoms. The molecule has 148 valence electrons. The van der Waals surface area contributed by atoms with E-state index < -0.39 is 10.0 Å². The summed E-state index contributed by atoms with van der Waals surface area (Å²) in [7, 11) is -1.89. The predicted molar refractivity (Wildman–Crippen MR) is 106 cm³/mol. The van der Waals surface area contributed by atoms with Gasteiger partial charge < -0.3 is 10.6 Å². The fourth-order valence-electron chi connectivity index (χ4n) is 2.81. The van der Waals surface area contributed by atoms with Crippen LogP contribution in [-0.4, -0.2) is 44.8 Å². The van der Waals surface area contributed by atoms with Gasteiger partial charge in [-0.1, -0.05) is 12.1 Å². The van der Waals surface area contributed by atoms with Gasteiger partial charge in [0.25, 0.3) is 0 Å². The Labute approximate surface area is 163 Å². The molecule has 26 heavy (non-hydrogen) atoms. The standard InChI is InChI=1S/C18H29N3O3S.ClH/c1-14(2)21(3)25(23,24)17-7-4-15(5-8-17)13-20-18(22)9-6-16-10-11-19-12-16;/h4-5,7-8,14,16,19H,6,9-13H2,1-3H3,(H,20,22);1H. The molecule has 1 fully saturated rings. The van der Waals surface area contributed by atoms with Crippen molar-refractivity contribution in [2.75, 3.05) is 20.1 Å². The SMILES string of the molecule is CC(C)N(C)S(=O)(=O)c1ccc(CNC(=O)CCC2CCNC2)cc1.Cl. The van der Waals surface area contributed by atoms with E-state index in [0.29, 0.717) is 18.9 Å². The van der Waals surface area contributed by atoms with E-state index in [9.17, 15) is 13.2 Å². The summed E-state index contributed by atoms with van der Waals surface area (Å²) in [5.41, 5.74) is 0.891. The third-order valence-corrected chi connectivity index (χ3v) is 6.81. The summed E-state index contributed by atoms with van der Waals surface area (Å²) < 4.78 is 26.2. The summed E-state index contributed by atoms with van der Waals surface area (Å²) in [6.07, 6.45) is 2.60. The van der Waals surface area contributed by atoms with E-state index in [1.165, 1.54) is 4.31 Å². The van der Waals surface area contributed by atoms with Gasteiger partial charge in [-0.25, -0.2) is 8.42 Å². The zero-order chi connectivity index (χ0) is 18.4. The number of nitrogens with zero attached hydrogens (tertiary/aromatic N) is 1. The lowest BCUT2D eigenvalue weighted by molar-refractivity contribution is -0.121. The highest BCUT2D eigenvalue weighted by molar-refractivity contribution is 7.89. The topological polar surface area (TPSA) is 78.5 Å². The molecular weight excluding hydrogens is 374 g/mol. The quantitative estimate of drug-likeness (QED) is 0.697. The third kappa shape index (κ3) is 6.23. The largest absolute Gasteiger partial charge is 0.352 e. The minimum Gasteiger partial charge on any atom is -0.352 e. The molecule has 2 N–H and O–H groups in total. The van der Waals surface area contributed by atoms with Crippen LogP contribution < -0.4 is 10.6 Å². The summed E-state index contributed by atoms with van der Waals surface area (Å²) in [6, 6.07) is 6.60. The summed E-state index contributed by atoms with van der Waals surface area (Å²) in [5.74, 6) is 0.649. The number of carbonyl (C=O) groups excluding carboxylic acids is 1. The number of benzene rings is 1. The molecule has 0 spiro atoms. The van der Waals surface area contributed by atoms with E-state index in [0.717, 1.165) is 31.5 Å². The maximum absolute atomic E-state index is 12.4. The first-order valence-corrected chi connectivity index (χ1v) is 10.3. The Kier molecular flexibility index (Phi) is 9.03. The van der Waals surface area contributed by atoms with Crippen LogP contribution in [0.15, 0.2) is 29.2 Å². The molecule has 8 heteroatoms. The van der Waals surface area contributed by atoms with Crippen LogP contribution in [0.1, 0.15) is 38.7 Å². The maximum atomic E-state index is 12.4. The van der Waals surface area contributed by atoms with E-state index in [2.05, 4.69) is 10.6 Å². The highest BCUT2D eigenvalue weighted by Crippen LogP contribution is 2.17. The molecule has 1 aromatic rings. The van der Waals surface area contributed by atoms with Crippen molar-refractivity contribution >= 4 is 28.3 Å². The number of halogens is 1. The number of sulfonamides is 1. The lowest BCUT2D eigenvalue weighted by Crippen LogP contribution is -2.33. The number of rotatable bonds is 8. The van der Waals surface area contributed by atoms with Crippen molar-refractivity contribution in [3.8, 4) is 0 Å². The minimum atomic E-state index is -3.46. The molecule has 2 rings (SSSR count). The molecule has 6 nitrogen and oxygen atoms in total. The summed E-state index contributed by atoms with van der Waals surface area (Å²) in [4.78, 5) is 12.2. The Morgan fingerprint density at radius 2 is 1.96 bits per heavy atom. The Morgan fingerprint density at radius 1 is 1.31 bits per heavy atom. The Bertz CT molecular complexity index is 671. The van der Waals surface area contributed by atoms with E-state index >= 15 is 0 Å². The fourth-order valence-corrected chi connectivity index (χ4v) is 4.18. The normalized spacial score (nSPS) is 17.3. The second-order valence-corrected chi connectivity index (χ2v) is 8.93. The van der Waals surface area contributed by atoms with Crippen LogP contribution in [0.25, 0.3) is 0 Å². The van der Waals surface area contributed by atoms with E-state index in [4.69, 9.17) is 0 Å². The highest BCUT2D eigenvalue weighted by atomic mass is 35.5. The minimum absolute atomic E-state index is 0. The third-order valence-electron chi connectivity index (χ3n) is 4.76. The van der Waals surface area contributed by atoms with Crippen LogP contribution in [0, 0.1) is 5.92 Å². The molecule has 0 aromatic heterocycles. The first-order valence-electron chi connectivity index (χ1n) is 8.85. The van der Waals surface area contributed by atoms with Crippen LogP contribution in [-0.2, 0) is 21.4 Å². The molecule has 0 aliphatic carbocycles. The Balaban J connectivity index is 0.00000338. The number of carbonyl (C=O) groups is 1. The summed E-state index contributed by atoms with van der Waals surface area (Å²) in [5, 5.41) is 6.20. The molecule has 1 heterocycles. The Hall–Kier alpha value is -1.15. The molecule has 0 radical (unpaired) electrons. The molecular formula is C18H30ClN3O3S. The number of hydrogen-bond donors (Lipinski definition) is 2. The average Bonchev–Trinajstić information content (AvgIpc) is 3.11. The van der Waals surface area contributed by atoms with Crippen LogP contribution in [0.3, 0.4) is 0 Å². The van der Waals surface area contributed by atoms with Gasteiger partial charge in [-0.2, -0.15) is 4.31 Å². The number of hydrogen-bond acceptors (Lipinski definition) is 4. The van der Waals surface area contributed by atoms with E-state index in [1.54, 1.807) is 31.3 Å².